The topological polar surface area (TPSA) is 65.5 Å². The van der Waals surface area contributed by atoms with Crippen LogP contribution in [0.15, 0.2) is 120 Å². The van der Waals surface area contributed by atoms with Crippen molar-refractivity contribution in [2.75, 3.05) is 4.90 Å². The Morgan fingerprint density at radius 3 is 1.67 bits per heavy atom. The standard InChI is InChI=1S/C26H22N4/c27-25(28)20-11-10-12-21(19-20)26(29-22-13-4-1-5-14-22)30(23-15-6-2-7-16-23)24-17-8-3-9-18-24/h1-19H,(H3,27,28). The van der Waals surface area contributed by atoms with Gasteiger partial charge in [-0.1, -0.05) is 72.8 Å². The zero-order chi connectivity index (χ0) is 20.8. The highest BCUT2D eigenvalue weighted by atomic mass is 15.2. The molecule has 0 amide bonds. The lowest BCUT2D eigenvalue weighted by atomic mass is 10.1. The third kappa shape index (κ3) is 4.28. The normalized spacial score (nSPS) is 11.1. The lowest BCUT2D eigenvalue weighted by Crippen LogP contribution is -2.27. The van der Waals surface area contributed by atoms with Crippen molar-refractivity contribution in [2.24, 2.45) is 10.7 Å². The van der Waals surface area contributed by atoms with E-state index in [0.29, 0.717) is 5.56 Å². The second-order valence-electron chi connectivity index (χ2n) is 6.77. The van der Waals surface area contributed by atoms with E-state index in [1.807, 2.05) is 91.0 Å². The van der Waals surface area contributed by atoms with E-state index in [1.165, 1.54) is 0 Å². The first-order valence-electron chi connectivity index (χ1n) is 9.71. The molecule has 0 unspecified atom stereocenters. The van der Waals surface area contributed by atoms with E-state index >= 15 is 0 Å². The summed E-state index contributed by atoms with van der Waals surface area (Å²) in [6, 6.07) is 37.8. The van der Waals surface area contributed by atoms with Crippen LogP contribution in [0.25, 0.3) is 0 Å². The summed E-state index contributed by atoms with van der Waals surface area (Å²) in [7, 11) is 0. The van der Waals surface area contributed by atoms with Gasteiger partial charge in [0.05, 0.1) is 5.69 Å². The molecule has 0 saturated heterocycles. The summed E-state index contributed by atoms with van der Waals surface area (Å²) in [5, 5.41) is 7.85. The average Bonchev–Trinajstić information content (AvgIpc) is 2.81. The van der Waals surface area contributed by atoms with Crippen LogP contribution in [0.1, 0.15) is 11.1 Å². The van der Waals surface area contributed by atoms with Gasteiger partial charge >= 0.3 is 0 Å². The Hall–Kier alpha value is -4.18. The fraction of sp³-hybridized carbons (Fsp3) is 0. The van der Waals surface area contributed by atoms with Crippen LogP contribution in [0, 0.1) is 5.41 Å². The Labute approximate surface area is 176 Å². The van der Waals surface area contributed by atoms with Gasteiger partial charge in [0.15, 0.2) is 0 Å². The number of nitrogen functional groups attached to an aromatic ring is 1. The van der Waals surface area contributed by atoms with E-state index < -0.39 is 0 Å². The van der Waals surface area contributed by atoms with Gasteiger partial charge in [-0.15, -0.1) is 0 Å². The van der Waals surface area contributed by atoms with Crippen LogP contribution in [0.2, 0.25) is 0 Å². The fourth-order valence-electron chi connectivity index (χ4n) is 3.24. The number of hydrogen-bond donors (Lipinski definition) is 2. The number of aliphatic imine (C=N–C) groups is 1. The highest BCUT2D eigenvalue weighted by Crippen LogP contribution is 2.29. The molecule has 30 heavy (non-hydrogen) atoms. The summed E-state index contributed by atoms with van der Waals surface area (Å²) in [6.07, 6.45) is 0. The van der Waals surface area contributed by atoms with E-state index in [1.54, 1.807) is 0 Å². The van der Waals surface area contributed by atoms with E-state index in [9.17, 15) is 0 Å². The molecule has 0 spiro atoms. The van der Waals surface area contributed by atoms with E-state index in [0.717, 1.165) is 28.5 Å². The highest BCUT2D eigenvalue weighted by molar-refractivity contribution is 6.16. The minimum atomic E-state index is 0.0295. The summed E-state index contributed by atoms with van der Waals surface area (Å²) < 4.78 is 0. The number of nitrogens with two attached hydrogens (primary N) is 1. The van der Waals surface area contributed by atoms with Crippen LogP contribution in [0.3, 0.4) is 0 Å². The van der Waals surface area contributed by atoms with Crippen molar-refractivity contribution in [3.05, 3.63) is 126 Å². The van der Waals surface area contributed by atoms with E-state index in [2.05, 4.69) is 29.2 Å². The Kier molecular flexibility index (Phi) is 5.67. The molecule has 0 aliphatic carbocycles. The summed E-state index contributed by atoms with van der Waals surface area (Å²) in [5.41, 5.74) is 10.1. The van der Waals surface area contributed by atoms with Crippen LogP contribution in [-0.4, -0.2) is 11.7 Å². The Bertz CT molecular complexity index is 1110. The SMILES string of the molecule is N=C(N)c1cccc(C(=Nc2ccccc2)N(c2ccccc2)c2ccccc2)c1. The smallest absolute Gasteiger partial charge is 0.145 e. The van der Waals surface area contributed by atoms with Gasteiger partial charge in [-0.3, -0.25) is 10.3 Å². The van der Waals surface area contributed by atoms with Crippen molar-refractivity contribution in [3.8, 4) is 0 Å². The molecule has 0 aliphatic rings. The summed E-state index contributed by atoms with van der Waals surface area (Å²) >= 11 is 0. The van der Waals surface area contributed by atoms with Crippen LogP contribution < -0.4 is 10.6 Å². The first-order chi connectivity index (χ1) is 14.7. The number of nitrogens with one attached hydrogen (secondary N) is 1. The molecule has 3 N–H and O–H groups in total. The maximum absolute atomic E-state index is 7.85. The molecule has 0 atom stereocenters. The monoisotopic (exact) mass is 390 g/mol. The molecule has 0 aliphatic heterocycles. The van der Waals surface area contributed by atoms with E-state index in [-0.39, 0.29) is 5.84 Å². The Balaban J connectivity index is 1.96. The van der Waals surface area contributed by atoms with Gasteiger partial charge in [-0.05, 0) is 42.5 Å². The molecule has 146 valence electrons. The van der Waals surface area contributed by atoms with Crippen LogP contribution in [-0.2, 0) is 0 Å². The molecule has 0 fully saturated rings. The molecule has 4 rings (SSSR count). The molecule has 4 heteroatoms. The molecular weight excluding hydrogens is 368 g/mol. The maximum atomic E-state index is 7.85. The van der Waals surface area contributed by atoms with Gasteiger partial charge in [0.25, 0.3) is 0 Å². The van der Waals surface area contributed by atoms with Gasteiger partial charge in [-0.2, -0.15) is 0 Å². The van der Waals surface area contributed by atoms with Crippen LogP contribution in [0.4, 0.5) is 17.1 Å². The zero-order valence-electron chi connectivity index (χ0n) is 16.4. The van der Waals surface area contributed by atoms with Gasteiger partial charge in [-0.25, -0.2) is 4.99 Å². The molecule has 4 aromatic rings. The van der Waals surface area contributed by atoms with Crippen LogP contribution >= 0.6 is 0 Å². The number of benzene rings is 4. The minimum Gasteiger partial charge on any atom is -0.384 e. The summed E-state index contributed by atoms with van der Waals surface area (Å²) in [6.45, 7) is 0. The first-order valence-corrected chi connectivity index (χ1v) is 9.71. The van der Waals surface area contributed by atoms with Crippen molar-refractivity contribution in [1.29, 1.82) is 5.41 Å². The largest absolute Gasteiger partial charge is 0.384 e. The maximum Gasteiger partial charge on any atom is 0.145 e. The predicted molar refractivity (Wildman–Crippen MR) is 125 cm³/mol. The molecule has 0 bridgehead atoms. The number of hydrogen-bond acceptors (Lipinski definition) is 2. The quantitative estimate of drug-likeness (QED) is 0.330. The van der Waals surface area contributed by atoms with Crippen LogP contribution in [0.5, 0.6) is 0 Å². The van der Waals surface area contributed by atoms with Gasteiger partial charge in [0, 0.05) is 22.5 Å². The third-order valence-electron chi connectivity index (χ3n) is 4.66. The van der Waals surface area contributed by atoms with Crippen molar-refractivity contribution < 1.29 is 0 Å². The molecule has 0 saturated carbocycles. The molecule has 0 heterocycles. The van der Waals surface area contributed by atoms with Gasteiger partial charge < -0.3 is 5.73 Å². The van der Waals surface area contributed by atoms with Gasteiger partial charge in [0.2, 0.25) is 0 Å². The number of para-hydroxylation sites is 3. The lowest BCUT2D eigenvalue weighted by molar-refractivity contribution is 1.30. The first kappa shape index (κ1) is 19.2. The second-order valence-corrected chi connectivity index (χ2v) is 6.77. The molecule has 4 nitrogen and oxygen atoms in total. The molecular formula is C26H22N4. The molecule has 4 aromatic carbocycles. The van der Waals surface area contributed by atoms with Crippen molar-refractivity contribution >= 4 is 28.7 Å². The van der Waals surface area contributed by atoms with Crippen molar-refractivity contribution in [1.82, 2.24) is 0 Å². The van der Waals surface area contributed by atoms with Crippen molar-refractivity contribution in [2.45, 2.75) is 0 Å². The number of nitrogens with zero attached hydrogens (tertiary/aromatic N) is 2. The predicted octanol–water partition coefficient (Wildman–Crippen LogP) is 5.89. The molecule has 0 aromatic heterocycles. The third-order valence-corrected chi connectivity index (χ3v) is 4.66. The van der Waals surface area contributed by atoms with E-state index in [4.69, 9.17) is 16.1 Å². The number of anilines is 2. The van der Waals surface area contributed by atoms with Gasteiger partial charge in [0.1, 0.15) is 11.7 Å². The second kappa shape index (κ2) is 8.88. The lowest BCUT2D eigenvalue weighted by Gasteiger charge is -2.27. The number of amidine groups is 2. The Morgan fingerprint density at radius 2 is 1.13 bits per heavy atom. The summed E-state index contributed by atoms with van der Waals surface area (Å²) in [5.74, 6) is 0.781. The summed E-state index contributed by atoms with van der Waals surface area (Å²) in [4.78, 5) is 7.13. The minimum absolute atomic E-state index is 0.0295. The Morgan fingerprint density at radius 1 is 0.633 bits per heavy atom. The zero-order valence-corrected chi connectivity index (χ0v) is 16.4. The average molecular weight is 390 g/mol. The number of rotatable bonds is 5. The van der Waals surface area contributed by atoms with Crippen molar-refractivity contribution in [3.63, 3.8) is 0 Å². The highest BCUT2D eigenvalue weighted by Gasteiger charge is 2.19. The molecule has 0 radical (unpaired) electrons. The fourth-order valence-corrected chi connectivity index (χ4v) is 3.24.